The van der Waals surface area contributed by atoms with Crippen LogP contribution in [0.15, 0.2) is 0 Å². The zero-order valence-electron chi connectivity index (χ0n) is 6.10. The summed E-state index contributed by atoms with van der Waals surface area (Å²) in [5.74, 6) is -0.962. The van der Waals surface area contributed by atoms with Crippen molar-refractivity contribution in [2.45, 2.75) is 18.9 Å². The zero-order valence-corrected chi connectivity index (χ0v) is 8.41. The molecule has 0 aromatic heterocycles. The fourth-order valence-electron chi connectivity index (χ4n) is 0.602. The van der Waals surface area contributed by atoms with Gasteiger partial charge in [-0.25, -0.2) is 0 Å². The van der Waals surface area contributed by atoms with Gasteiger partial charge in [-0.05, 0) is 6.42 Å². The molecule has 0 aliphatic carbocycles. The van der Waals surface area contributed by atoms with Gasteiger partial charge in [0, 0.05) is 6.54 Å². The van der Waals surface area contributed by atoms with Crippen molar-refractivity contribution in [3.63, 3.8) is 0 Å². The minimum atomic E-state index is -0.962. The first-order chi connectivity index (χ1) is 5.02. The van der Waals surface area contributed by atoms with Crippen molar-refractivity contribution in [3.8, 4) is 0 Å². The van der Waals surface area contributed by atoms with Crippen LogP contribution in [0.1, 0.15) is 12.8 Å². The summed E-state index contributed by atoms with van der Waals surface area (Å²) in [6.45, 7) is 0.643. The van der Waals surface area contributed by atoms with Crippen molar-refractivity contribution < 1.29 is 15.0 Å². The van der Waals surface area contributed by atoms with Gasteiger partial charge in [0.1, 0.15) is 0 Å². The summed E-state index contributed by atoms with van der Waals surface area (Å²) >= 11 is 0. The average molecular weight is 197 g/mol. The van der Waals surface area contributed by atoms with Crippen LogP contribution in [0, 0.1) is 0 Å². The molecular weight excluding hydrogens is 184 g/mol. The predicted molar refractivity (Wildman–Crippen MR) is 49.0 cm³/mol. The molecule has 0 amide bonds. The third-order valence-electron chi connectivity index (χ3n) is 1.13. The third kappa shape index (κ3) is 8.15. The topological polar surface area (TPSA) is 60.8 Å². The van der Waals surface area contributed by atoms with E-state index < -0.39 is 12.1 Å². The van der Waals surface area contributed by atoms with Gasteiger partial charge in [-0.3, -0.25) is 9.24 Å². The molecule has 0 aliphatic heterocycles. The highest BCUT2D eigenvalue weighted by Crippen LogP contribution is 2.08. The van der Waals surface area contributed by atoms with E-state index in [1.165, 1.54) is 0 Å². The van der Waals surface area contributed by atoms with Crippen molar-refractivity contribution >= 4 is 24.8 Å². The highest BCUT2D eigenvalue weighted by molar-refractivity contribution is 7.30. The van der Waals surface area contributed by atoms with Crippen LogP contribution in [0.2, 0.25) is 0 Å². The van der Waals surface area contributed by atoms with E-state index in [2.05, 4.69) is 18.8 Å². The monoisotopic (exact) mass is 197 g/mol. The van der Waals surface area contributed by atoms with Crippen LogP contribution in [0.3, 0.4) is 0 Å². The number of hydrogen-bond donors (Lipinski definition) is 2. The van der Waals surface area contributed by atoms with Crippen LogP contribution in [-0.2, 0) is 4.79 Å². The van der Waals surface area contributed by atoms with Gasteiger partial charge in [0.15, 0.2) is 0 Å². The molecule has 0 bridgehead atoms. The summed E-state index contributed by atoms with van der Waals surface area (Å²) in [4.78, 5) is 10.1. The van der Waals surface area contributed by atoms with Gasteiger partial charge in [0.2, 0.25) is 0 Å². The number of rotatable bonds is 5. The molecule has 6 heteroatoms. The Bertz CT molecular complexity index is 131. The van der Waals surface area contributed by atoms with Gasteiger partial charge < -0.3 is 10.2 Å². The lowest BCUT2D eigenvalue weighted by molar-refractivity contribution is -0.139. The molecule has 11 heavy (non-hydrogen) atoms. The lowest BCUT2D eigenvalue weighted by atomic mass is 10.2. The first-order valence-corrected chi connectivity index (χ1v) is 4.22. The van der Waals surface area contributed by atoms with Crippen LogP contribution in [0.25, 0.3) is 0 Å². The fraction of sp³-hybridized carbons (Fsp3) is 0.800. The first kappa shape index (κ1) is 11.2. The predicted octanol–water partition coefficient (Wildman–Crippen LogP) is 0.0943. The Balaban J connectivity index is 3.37. The number of carboxylic acids is 1. The maximum Gasteiger partial charge on any atom is 0.305 e. The summed E-state index contributed by atoms with van der Waals surface area (Å²) in [5, 5.41) is 17.3. The Kier molecular flexibility index (Phi) is 5.98. The van der Waals surface area contributed by atoms with Gasteiger partial charge in [-0.1, -0.05) is 18.8 Å². The Morgan fingerprint density at radius 1 is 1.55 bits per heavy atom. The molecule has 2 N–H and O–H groups in total. The molecule has 3 atom stereocenters. The Labute approximate surface area is 70.5 Å². The summed E-state index contributed by atoms with van der Waals surface area (Å²) in [5.41, 5.74) is 0. The summed E-state index contributed by atoms with van der Waals surface area (Å²) in [6.07, 6.45) is -0.446. The second-order valence-electron chi connectivity index (χ2n) is 2.28. The van der Waals surface area contributed by atoms with Crippen molar-refractivity contribution in [2.24, 2.45) is 0 Å². The maximum absolute atomic E-state index is 10.1. The molecule has 0 heterocycles. The molecule has 0 aromatic rings. The molecule has 66 valence electrons. The van der Waals surface area contributed by atoms with Crippen molar-refractivity contribution in [1.82, 2.24) is 4.44 Å². The standard InChI is InChI=1S/C5H13NO3P2/c7-4(3-5(8)9)1-2-6(10)11/h4,7H,1-3,10-11H2,(H,8,9). The smallest absolute Gasteiger partial charge is 0.305 e. The summed E-state index contributed by atoms with van der Waals surface area (Å²) in [7, 11) is 4.81. The van der Waals surface area contributed by atoms with Crippen molar-refractivity contribution in [1.29, 1.82) is 0 Å². The SMILES string of the molecule is O=C(O)CC(O)CCN(P)P. The van der Waals surface area contributed by atoms with Crippen LogP contribution in [-0.4, -0.2) is 33.3 Å². The molecule has 0 aliphatic rings. The lowest BCUT2D eigenvalue weighted by Crippen LogP contribution is -2.16. The van der Waals surface area contributed by atoms with Gasteiger partial charge in [0.05, 0.1) is 12.5 Å². The summed E-state index contributed by atoms with van der Waals surface area (Å²) in [6, 6.07) is 0. The molecule has 3 unspecified atom stereocenters. The molecular formula is C5H13NO3P2. The van der Waals surface area contributed by atoms with Gasteiger partial charge in [0.25, 0.3) is 0 Å². The van der Waals surface area contributed by atoms with E-state index >= 15 is 0 Å². The molecule has 4 nitrogen and oxygen atoms in total. The number of nitrogens with zero attached hydrogens (tertiary/aromatic N) is 1. The number of aliphatic carboxylic acids is 1. The van der Waals surface area contributed by atoms with Crippen LogP contribution < -0.4 is 0 Å². The van der Waals surface area contributed by atoms with E-state index in [0.717, 1.165) is 0 Å². The van der Waals surface area contributed by atoms with E-state index in [0.29, 0.717) is 13.0 Å². The second kappa shape index (κ2) is 5.84. The van der Waals surface area contributed by atoms with Crippen molar-refractivity contribution in [3.05, 3.63) is 0 Å². The Hall–Kier alpha value is 0.250. The molecule has 0 fully saturated rings. The Morgan fingerprint density at radius 3 is 2.45 bits per heavy atom. The third-order valence-corrected chi connectivity index (χ3v) is 1.65. The molecule has 0 spiro atoms. The number of carbonyl (C=O) groups is 1. The molecule has 0 saturated carbocycles. The van der Waals surface area contributed by atoms with E-state index in [4.69, 9.17) is 10.2 Å². The zero-order chi connectivity index (χ0) is 8.85. The minimum absolute atomic E-state index is 0.177. The van der Waals surface area contributed by atoms with E-state index in [1.54, 1.807) is 4.44 Å². The number of aliphatic hydroxyl groups excluding tert-OH is 1. The Morgan fingerprint density at radius 2 is 2.09 bits per heavy atom. The molecule has 0 aromatic carbocycles. The first-order valence-electron chi connectivity index (χ1n) is 3.19. The van der Waals surface area contributed by atoms with Gasteiger partial charge in [-0.2, -0.15) is 0 Å². The van der Waals surface area contributed by atoms with E-state index in [9.17, 15) is 4.79 Å². The minimum Gasteiger partial charge on any atom is -0.481 e. The molecule has 0 saturated heterocycles. The quantitative estimate of drug-likeness (QED) is 0.613. The van der Waals surface area contributed by atoms with Gasteiger partial charge >= 0.3 is 5.97 Å². The summed E-state index contributed by atoms with van der Waals surface area (Å²) < 4.78 is 1.74. The fourth-order valence-corrected chi connectivity index (χ4v) is 0.900. The highest BCUT2D eigenvalue weighted by Gasteiger charge is 2.08. The number of aliphatic hydroxyl groups is 1. The van der Waals surface area contributed by atoms with Crippen LogP contribution in [0.4, 0.5) is 0 Å². The van der Waals surface area contributed by atoms with E-state index in [1.807, 2.05) is 0 Å². The number of carboxylic acid groups (broad SMARTS) is 1. The average Bonchev–Trinajstić information content (AvgIpc) is 1.82. The van der Waals surface area contributed by atoms with E-state index in [-0.39, 0.29) is 6.42 Å². The van der Waals surface area contributed by atoms with Crippen LogP contribution in [0.5, 0.6) is 0 Å². The number of hydrogen-bond acceptors (Lipinski definition) is 3. The largest absolute Gasteiger partial charge is 0.481 e. The lowest BCUT2D eigenvalue weighted by Gasteiger charge is -2.11. The van der Waals surface area contributed by atoms with Crippen LogP contribution >= 0.6 is 18.8 Å². The maximum atomic E-state index is 10.1. The van der Waals surface area contributed by atoms with Crippen molar-refractivity contribution in [2.75, 3.05) is 6.54 Å². The second-order valence-corrected chi connectivity index (χ2v) is 4.20. The molecule has 0 radical (unpaired) electrons. The van der Waals surface area contributed by atoms with Gasteiger partial charge in [-0.15, -0.1) is 0 Å². The normalized spacial score (nSPS) is 13.5. The highest BCUT2D eigenvalue weighted by atomic mass is 31.1. The molecule has 0 rings (SSSR count).